The summed E-state index contributed by atoms with van der Waals surface area (Å²) in [4.78, 5) is 4.39. The summed E-state index contributed by atoms with van der Waals surface area (Å²) in [6, 6.07) is 6.11. The van der Waals surface area contributed by atoms with E-state index in [1.807, 2.05) is 6.92 Å². The smallest absolute Gasteiger partial charge is 0.151 e. The minimum atomic E-state index is -0.279. The van der Waals surface area contributed by atoms with Crippen LogP contribution in [-0.4, -0.2) is 11.5 Å². The van der Waals surface area contributed by atoms with Crippen LogP contribution in [0.4, 0.5) is 21.7 Å². The number of nitrogens with zero attached hydrogens (tertiary/aromatic N) is 1. The fourth-order valence-electron chi connectivity index (χ4n) is 1.82. The first-order valence-electron chi connectivity index (χ1n) is 6.64. The van der Waals surface area contributed by atoms with Crippen molar-refractivity contribution < 1.29 is 4.39 Å². The molecule has 1 aromatic heterocycles. The minimum absolute atomic E-state index is 0.279. The molecule has 0 fully saturated rings. The highest BCUT2D eigenvalue weighted by molar-refractivity contribution is 6.37. The molecule has 0 radical (unpaired) electrons. The summed E-state index contributed by atoms with van der Waals surface area (Å²) in [5, 5.41) is 7.12. The van der Waals surface area contributed by atoms with Crippen molar-refractivity contribution in [3.63, 3.8) is 0 Å². The van der Waals surface area contributed by atoms with E-state index in [1.54, 1.807) is 12.1 Å². The molecule has 2 rings (SSSR count). The molecule has 3 nitrogen and oxygen atoms in total. The zero-order valence-corrected chi connectivity index (χ0v) is 13.3. The standard InChI is InChI=1S/C15H16Cl2FN3/c1-3-6-19-14-11(16)8-12(17)15(21-14)20-13-5-4-10(18)7-9(13)2/h4-5,7-8H,3,6H2,1-2H3,(H2,19,20,21). The van der Waals surface area contributed by atoms with Gasteiger partial charge < -0.3 is 10.6 Å². The lowest BCUT2D eigenvalue weighted by Gasteiger charge is -2.13. The molecule has 1 aromatic carbocycles. The highest BCUT2D eigenvalue weighted by Crippen LogP contribution is 2.31. The molecule has 0 aliphatic heterocycles. The predicted octanol–water partition coefficient (Wildman–Crippen LogP) is 5.40. The van der Waals surface area contributed by atoms with E-state index < -0.39 is 0 Å². The fourth-order valence-corrected chi connectivity index (χ4v) is 2.29. The SMILES string of the molecule is CCCNc1nc(Nc2ccc(F)cc2C)c(Cl)cc1Cl. The molecule has 0 saturated carbocycles. The summed E-state index contributed by atoms with van der Waals surface area (Å²) in [6.45, 7) is 4.63. The number of anilines is 3. The number of hydrogen-bond acceptors (Lipinski definition) is 3. The number of aryl methyl sites for hydroxylation is 1. The molecule has 2 N–H and O–H groups in total. The lowest BCUT2D eigenvalue weighted by Crippen LogP contribution is -2.05. The van der Waals surface area contributed by atoms with Gasteiger partial charge in [-0.3, -0.25) is 0 Å². The molecule has 0 aliphatic rings. The van der Waals surface area contributed by atoms with Crippen molar-refractivity contribution in [2.75, 3.05) is 17.2 Å². The summed E-state index contributed by atoms with van der Waals surface area (Å²) in [7, 11) is 0. The van der Waals surface area contributed by atoms with Crippen molar-refractivity contribution >= 4 is 40.5 Å². The highest BCUT2D eigenvalue weighted by Gasteiger charge is 2.10. The van der Waals surface area contributed by atoms with Gasteiger partial charge in [0.25, 0.3) is 0 Å². The third-order valence-corrected chi connectivity index (χ3v) is 3.49. The Morgan fingerprint density at radius 3 is 2.52 bits per heavy atom. The van der Waals surface area contributed by atoms with Gasteiger partial charge in [-0.25, -0.2) is 9.37 Å². The maximum atomic E-state index is 13.1. The van der Waals surface area contributed by atoms with Gasteiger partial charge in [0.2, 0.25) is 0 Å². The number of pyridine rings is 1. The molecule has 0 atom stereocenters. The van der Waals surface area contributed by atoms with E-state index in [2.05, 4.69) is 22.5 Å². The van der Waals surface area contributed by atoms with Crippen LogP contribution >= 0.6 is 23.2 Å². The summed E-state index contributed by atoms with van der Waals surface area (Å²) in [6.07, 6.45) is 0.959. The molecule has 112 valence electrons. The van der Waals surface area contributed by atoms with E-state index >= 15 is 0 Å². The van der Waals surface area contributed by atoms with Gasteiger partial charge >= 0.3 is 0 Å². The van der Waals surface area contributed by atoms with Crippen LogP contribution in [-0.2, 0) is 0 Å². The average molecular weight is 328 g/mol. The average Bonchev–Trinajstić information content (AvgIpc) is 2.43. The fraction of sp³-hybridized carbons (Fsp3) is 0.267. The topological polar surface area (TPSA) is 37.0 Å². The first-order valence-corrected chi connectivity index (χ1v) is 7.40. The molecule has 0 saturated heterocycles. The van der Waals surface area contributed by atoms with Gasteiger partial charge in [0.15, 0.2) is 5.82 Å². The van der Waals surface area contributed by atoms with Gasteiger partial charge in [0.05, 0.1) is 10.0 Å². The van der Waals surface area contributed by atoms with Crippen molar-refractivity contribution in [1.82, 2.24) is 4.98 Å². The highest BCUT2D eigenvalue weighted by atomic mass is 35.5. The van der Waals surface area contributed by atoms with Crippen LogP contribution < -0.4 is 10.6 Å². The van der Waals surface area contributed by atoms with E-state index in [0.717, 1.165) is 24.2 Å². The Morgan fingerprint density at radius 1 is 1.14 bits per heavy atom. The lowest BCUT2D eigenvalue weighted by atomic mass is 10.2. The Kier molecular flexibility index (Phi) is 5.26. The van der Waals surface area contributed by atoms with E-state index in [0.29, 0.717) is 21.7 Å². The maximum absolute atomic E-state index is 13.1. The first kappa shape index (κ1) is 15.9. The normalized spacial score (nSPS) is 10.5. The first-order chi connectivity index (χ1) is 10.0. The second-order valence-electron chi connectivity index (χ2n) is 4.66. The van der Waals surface area contributed by atoms with Crippen LogP contribution in [0, 0.1) is 12.7 Å². The predicted molar refractivity (Wildman–Crippen MR) is 87.5 cm³/mol. The summed E-state index contributed by atoms with van der Waals surface area (Å²) >= 11 is 12.3. The van der Waals surface area contributed by atoms with Crippen molar-refractivity contribution in [2.24, 2.45) is 0 Å². The van der Waals surface area contributed by atoms with Gasteiger partial charge in [-0.1, -0.05) is 30.1 Å². The Balaban J connectivity index is 2.30. The molecule has 6 heteroatoms. The number of nitrogens with one attached hydrogen (secondary N) is 2. The largest absolute Gasteiger partial charge is 0.369 e. The molecule has 0 bridgehead atoms. The Morgan fingerprint density at radius 2 is 1.86 bits per heavy atom. The van der Waals surface area contributed by atoms with Crippen LogP contribution in [0.15, 0.2) is 24.3 Å². The molecule has 1 heterocycles. The zero-order valence-electron chi connectivity index (χ0n) is 11.8. The van der Waals surface area contributed by atoms with Crippen molar-refractivity contribution in [3.8, 4) is 0 Å². The quantitative estimate of drug-likeness (QED) is 0.771. The summed E-state index contributed by atoms with van der Waals surface area (Å²) in [5.41, 5.74) is 1.51. The van der Waals surface area contributed by atoms with E-state index in [-0.39, 0.29) is 5.82 Å². The number of rotatable bonds is 5. The van der Waals surface area contributed by atoms with E-state index in [9.17, 15) is 4.39 Å². The van der Waals surface area contributed by atoms with E-state index in [4.69, 9.17) is 23.2 Å². The zero-order chi connectivity index (χ0) is 15.4. The maximum Gasteiger partial charge on any atom is 0.151 e. The Bertz CT molecular complexity index is 647. The Hall–Kier alpha value is -1.52. The van der Waals surface area contributed by atoms with Gasteiger partial charge in [-0.15, -0.1) is 0 Å². The minimum Gasteiger partial charge on any atom is -0.369 e. The lowest BCUT2D eigenvalue weighted by molar-refractivity contribution is 0.627. The monoisotopic (exact) mass is 327 g/mol. The molecule has 0 unspecified atom stereocenters. The second-order valence-corrected chi connectivity index (χ2v) is 5.47. The van der Waals surface area contributed by atoms with Gasteiger partial charge in [0, 0.05) is 12.2 Å². The number of aromatic nitrogens is 1. The van der Waals surface area contributed by atoms with Crippen LogP contribution in [0.2, 0.25) is 10.0 Å². The number of hydrogen-bond donors (Lipinski definition) is 2. The molecular weight excluding hydrogens is 312 g/mol. The molecule has 2 aromatic rings. The van der Waals surface area contributed by atoms with Gasteiger partial charge in [-0.2, -0.15) is 0 Å². The number of halogens is 3. The van der Waals surface area contributed by atoms with Crippen molar-refractivity contribution in [3.05, 3.63) is 45.7 Å². The third-order valence-electron chi connectivity index (χ3n) is 2.91. The summed E-state index contributed by atoms with van der Waals surface area (Å²) < 4.78 is 13.1. The van der Waals surface area contributed by atoms with E-state index in [1.165, 1.54) is 12.1 Å². The van der Waals surface area contributed by atoms with Crippen LogP contribution in [0.5, 0.6) is 0 Å². The van der Waals surface area contributed by atoms with Crippen molar-refractivity contribution in [2.45, 2.75) is 20.3 Å². The van der Waals surface area contributed by atoms with Gasteiger partial charge in [0.1, 0.15) is 11.6 Å². The number of benzene rings is 1. The molecule has 21 heavy (non-hydrogen) atoms. The second kappa shape index (κ2) is 6.96. The Labute approximate surface area is 133 Å². The summed E-state index contributed by atoms with van der Waals surface area (Å²) in [5.74, 6) is 0.776. The van der Waals surface area contributed by atoms with Gasteiger partial charge in [-0.05, 0) is 43.2 Å². The van der Waals surface area contributed by atoms with Crippen LogP contribution in [0.3, 0.4) is 0 Å². The molecule has 0 aliphatic carbocycles. The molecule has 0 spiro atoms. The molecule has 0 amide bonds. The van der Waals surface area contributed by atoms with Crippen LogP contribution in [0.25, 0.3) is 0 Å². The molecular formula is C15H16Cl2FN3. The van der Waals surface area contributed by atoms with Crippen LogP contribution in [0.1, 0.15) is 18.9 Å². The van der Waals surface area contributed by atoms with Crippen molar-refractivity contribution in [1.29, 1.82) is 0 Å². The third kappa shape index (κ3) is 3.99.